The van der Waals surface area contributed by atoms with Crippen molar-refractivity contribution in [3.8, 4) is 11.5 Å². The fraction of sp³-hybridized carbons (Fsp3) is 0.708. The van der Waals surface area contributed by atoms with Crippen LogP contribution in [-0.2, 0) is 5.41 Å². The molecule has 1 saturated carbocycles. The number of hydrogen-bond acceptors (Lipinski definition) is 4. The van der Waals surface area contributed by atoms with Crippen molar-refractivity contribution in [2.45, 2.75) is 63.3 Å². The third-order valence-corrected chi connectivity index (χ3v) is 7.00. The van der Waals surface area contributed by atoms with Crippen molar-refractivity contribution in [2.75, 3.05) is 46.4 Å². The van der Waals surface area contributed by atoms with Gasteiger partial charge in [-0.3, -0.25) is 4.99 Å². The average Bonchev–Trinajstić information content (AvgIpc) is 3.28. The van der Waals surface area contributed by atoms with E-state index in [0.29, 0.717) is 19.3 Å². The van der Waals surface area contributed by atoms with Gasteiger partial charge >= 0.3 is 0 Å². The molecule has 2 heterocycles. The summed E-state index contributed by atoms with van der Waals surface area (Å²) >= 11 is 0. The number of nitrogens with one attached hydrogen (secondary N) is 2. The van der Waals surface area contributed by atoms with Crippen molar-refractivity contribution in [1.29, 1.82) is 0 Å². The Morgan fingerprint density at radius 3 is 2.57 bits per heavy atom. The molecule has 3 aliphatic rings. The molecule has 1 saturated heterocycles. The van der Waals surface area contributed by atoms with Gasteiger partial charge < -0.3 is 25.0 Å². The Morgan fingerprint density at radius 2 is 1.87 bits per heavy atom. The first kappa shape index (κ1) is 21.3. The number of piperidine rings is 1. The van der Waals surface area contributed by atoms with Gasteiger partial charge in [-0.1, -0.05) is 25.8 Å². The van der Waals surface area contributed by atoms with E-state index in [1.165, 1.54) is 70.1 Å². The molecule has 0 aromatic heterocycles. The Labute approximate surface area is 181 Å². The van der Waals surface area contributed by atoms with E-state index in [0.717, 1.165) is 24.0 Å². The number of benzene rings is 1. The average molecular weight is 415 g/mol. The fourth-order valence-electron chi connectivity index (χ4n) is 5.25. The quantitative estimate of drug-likeness (QED) is 0.552. The molecule has 2 fully saturated rings. The highest BCUT2D eigenvalue weighted by molar-refractivity contribution is 5.80. The topological polar surface area (TPSA) is 58.1 Å². The number of rotatable bonds is 6. The molecule has 0 radical (unpaired) electrons. The van der Waals surface area contributed by atoms with Gasteiger partial charge in [0.25, 0.3) is 0 Å². The van der Waals surface area contributed by atoms with Crippen LogP contribution in [0.15, 0.2) is 23.2 Å². The first-order chi connectivity index (χ1) is 14.7. The maximum absolute atomic E-state index is 5.86. The van der Waals surface area contributed by atoms with Gasteiger partial charge in [0, 0.05) is 38.1 Å². The van der Waals surface area contributed by atoms with E-state index in [9.17, 15) is 0 Å². The van der Waals surface area contributed by atoms with Crippen molar-refractivity contribution in [1.82, 2.24) is 15.5 Å². The number of fused-ring (bicyclic) bond motifs is 1. The zero-order valence-corrected chi connectivity index (χ0v) is 18.7. The van der Waals surface area contributed by atoms with Crippen LogP contribution >= 0.6 is 0 Å². The zero-order valence-electron chi connectivity index (χ0n) is 18.7. The summed E-state index contributed by atoms with van der Waals surface area (Å²) in [6.45, 7) is 8.02. The van der Waals surface area contributed by atoms with Gasteiger partial charge in [-0.05, 0) is 56.3 Å². The Kier molecular flexibility index (Phi) is 7.03. The molecule has 1 aromatic carbocycles. The van der Waals surface area contributed by atoms with Gasteiger partial charge in [0.15, 0.2) is 17.5 Å². The first-order valence-corrected chi connectivity index (χ1v) is 11.8. The van der Waals surface area contributed by atoms with Crippen molar-refractivity contribution in [3.05, 3.63) is 23.8 Å². The molecule has 166 valence electrons. The Bertz CT molecular complexity index is 722. The summed E-state index contributed by atoms with van der Waals surface area (Å²) in [6, 6.07) is 7.04. The van der Waals surface area contributed by atoms with Crippen molar-refractivity contribution < 1.29 is 9.47 Å². The molecule has 6 heteroatoms. The lowest BCUT2D eigenvalue weighted by atomic mass is 9.78. The summed E-state index contributed by atoms with van der Waals surface area (Å²) in [5.74, 6) is 2.71. The fourth-order valence-corrected chi connectivity index (χ4v) is 5.25. The van der Waals surface area contributed by atoms with Crippen LogP contribution in [-0.4, -0.2) is 63.3 Å². The van der Waals surface area contributed by atoms with E-state index < -0.39 is 0 Å². The summed E-state index contributed by atoms with van der Waals surface area (Å²) in [6.07, 6.45) is 8.57. The van der Waals surface area contributed by atoms with Gasteiger partial charge in [-0.2, -0.15) is 0 Å². The largest absolute Gasteiger partial charge is 0.486 e. The van der Waals surface area contributed by atoms with Crippen LogP contribution in [0.4, 0.5) is 0 Å². The zero-order chi connectivity index (χ0) is 20.8. The third-order valence-electron chi connectivity index (χ3n) is 7.00. The van der Waals surface area contributed by atoms with E-state index in [1.54, 1.807) is 0 Å². The molecule has 1 aromatic rings. The SMILES string of the molecule is CCCN1CCC(NC(=NC)NCC2(c3ccc4c(c3)OCCO4)CCCC2)CC1. The molecule has 30 heavy (non-hydrogen) atoms. The van der Waals surface area contributed by atoms with E-state index in [2.05, 4.69) is 45.6 Å². The van der Waals surface area contributed by atoms with Crippen LogP contribution in [0.25, 0.3) is 0 Å². The van der Waals surface area contributed by atoms with E-state index in [-0.39, 0.29) is 5.41 Å². The highest BCUT2D eigenvalue weighted by atomic mass is 16.6. The monoisotopic (exact) mass is 414 g/mol. The van der Waals surface area contributed by atoms with E-state index >= 15 is 0 Å². The second-order valence-electron chi connectivity index (χ2n) is 9.03. The molecule has 2 aliphatic heterocycles. The van der Waals surface area contributed by atoms with Gasteiger partial charge in [0.1, 0.15) is 13.2 Å². The molecule has 2 N–H and O–H groups in total. The summed E-state index contributed by atoms with van der Waals surface area (Å²) in [7, 11) is 1.88. The lowest BCUT2D eigenvalue weighted by Crippen LogP contribution is -2.51. The van der Waals surface area contributed by atoms with Crippen molar-refractivity contribution in [2.24, 2.45) is 4.99 Å². The lowest BCUT2D eigenvalue weighted by Gasteiger charge is -2.34. The molecule has 4 rings (SSSR count). The van der Waals surface area contributed by atoms with E-state index in [4.69, 9.17) is 9.47 Å². The van der Waals surface area contributed by atoms with Gasteiger partial charge in [-0.25, -0.2) is 0 Å². The van der Waals surface area contributed by atoms with Crippen molar-refractivity contribution in [3.63, 3.8) is 0 Å². The second-order valence-corrected chi connectivity index (χ2v) is 9.03. The number of guanidine groups is 1. The van der Waals surface area contributed by atoms with Gasteiger partial charge in [0.05, 0.1) is 0 Å². The smallest absolute Gasteiger partial charge is 0.191 e. The van der Waals surface area contributed by atoms with Crippen LogP contribution in [0, 0.1) is 0 Å². The highest BCUT2D eigenvalue weighted by Gasteiger charge is 2.36. The predicted molar refractivity (Wildman–Crippen MR) is 122 cm³/mol. The minimum Gasteiger partial charge on any atom is -0.486 e. The maximum Gasteiger partial charge on any atom is 0.191 e. The van der Waals surface area contributed by atoms with Crippen LogP contribution < -0.4 is 20.1 Å². The molecule has 0 amide bonds. The summed E-state index contributed by atoms with van der Waals surface area (Å²) in [4.78, 5) is 7.10. The normalized spacial score (nSPS) is 22.1. The minimum atomic E-state index is 0.137. The predicted octanol–water partition coefficient (Wildman–Crippen LogP) is 3.31. The number of hydrogen-bond donors (Lipinski definition) is 2. The number of likely N-dealkylation sites (tertiary alicyclic amines) is 1. The van der Waals surface area contributed by atoms with Gasteiger partial charge in [-0.15, -0.1) is 0 Å². The molecular formula is C24H38N4O2. The lowest BCUT2D eigenvalue weighted by molar-refractivity contribution is 0.171. The molecule has 1 aliphatic carbocycles. The van der Waals surface area contributed by atoms with Gasteiger partial charge in [0.2, 0.25) is 0 Å². The third kappa shape index (κ3) is 4.85. The standard InChI is InChI=1S/C24H38N4O2/c1-3-12-28-13-8-20(9-14-28)27-23(25-2)26-18-24(10-4-5-11-24)19-6-7-21-22(17-19)30-16-15-29-21/h6-7,17,20H,3-5,8-16,18H2,1-2H3,(H2,25,26,27). The molecular weight excluding hydrogens is 376 g/mol. The van der Waals surface area contributed by atoms with E-state index in [1.807, 2.05) is 7.05 Å². The van der Waals surface area contributed by atoms with Crippen LogP contribution in [0.5, 0.6) is 11.5 Å². The molecule has 0 bridgehead atoms. The molecule has 6 nitrogen and oxygen atoms in total. The summed E-state index contributed by atoms with van der Waals surface area (Å²) in [5.41, 5.74) is 1.50. The van der Waals surface area contributed by atoms with Crippen LogP contribution in [0.2, 0.25) is 0 Å². The second kappa shape index (κ2) is 9.90. The number of ether oxygens (including phenoxy) is 2. The minimum absolute atomic E-state index is 0.137. The highest BCUT2D eigenvalue weighted by Crippen LogP contribution is 2.43. The molecule has 0 atom stereocenters. The molecule has 0 spiro atoms. The van der Waals surface area contributed by atoms with Crippen LogP contribution in [0.1, 0.15) is 57.4 Å². The number of nitrogens with zero attached hydrogens (tertiary/aromatic N) is 2. The Hall–Kier alpha value is -1.95. The Balaban J connectivity index is 1.37. The summed E-state index contributed by atoms with van der Waals surface area (Å²) in [5, 5.41) is 7.35. The molecule has 0 unspecified atom stereocenters. The van der Waals surface area contributed by atoms with Crippen molar-refractivity contribution >= 4 is 5.96 Å². The first-order valence-electron chi connectivity index (χ1n) is 11.8. The Morgan fingerprint density at radius 1 is 1.13 bits per heavy atom. The van der Waals surface area contributed by atoms with Crippen LogP contribution in [0.3, 0.4) is 0 Å². The summed E-state index contributed by atoms with van der Waals surface area (Å²) < 4.78 is 11.6. The number of aliphatic imine (C=N–C) groups is 1. The maximum atomic E-state index is 5.86.